The van der Waals surface area contributed by atoms with Gasteiger partial charge in [0.25, 0.3) is 0 Å². The molecule has 6 heteroatoms. The molecule has 0 radical (unpaired) electrons. The lowest BCUT2D eigenvalue weighted by Gasteiger charge is -2.18. The van der Waals surface area contributed by atoms with Gasteiger partial charge in [-0.3, -0.25) is 14.4 Å². The first-order valence-corrected chi connectivity index (χ1v) is 29.7. The molecule has 6 nitrogen and oxygen atoms in total. The Morgan fingerprint density at radius 1 is 0.310 bits per heavy atom. The second-order valence-corrected chi connectivity index (χ2v) is 19.5. The second-order valence-electron chi connectivity index (χ2n) is 19.5. The predicted molar refractivity (Wildman–Crippen MR) is 307 cm³/mol. The maximum absolute atomic E-state index is 12.8. The number of carbonyl (C=O) groups excluding carboxylic acids is 3. The number of unbranched alkanes of at least 4 members (excludes halogenated alkanes) is 27. The maximum Gasteiger partial charge on any atom is 0.310 e. The standard InChI is InChI=1S/C65H110O6/c1-4-7-10-13-16-19-22-25-27-28-29-30-31-32-33-34-35-36-38-40-43-46-49-52-55-58-64(67)70-61-62(60-69-63(66)57-54-51-48-45-42-39-24-21-18-15-12-9-6-3)71-65(68)59-56-53-50-47-44-41-37-26-23-20-17-14-11-8-5-2/h8,11-12,15,17,20-21,24,26,28-29,37,44,47,53,56,62H,4-7,9-10,13-14,16,18-19,22-23,25,27,30-36,38-43,45-46,48-52,54-55,57-61H2,1-3H3/b11-8-,15-12-,20-17-,24-21-,29-28-,37-26-,47-44-,56-53-. The van der Waals surface area contributed by atoms with E-state index in [-0.39, 0.29) is 31.6 Å². The van der Waals surface area contributed by atoms with Gasteiger partial charge in [-0.05, 0) is 96.3 Å². The molecule has 0 heterocycles. The molecule has 71 heavy (non-hydrogen) atoms. The van der Waals surface area contributed by atoms with Gasteiger partial charge >= 0.3 is 17.9 Å². The van der Waals surface area contributed by atoms with Crippen LogP contribution in [0.4, 0.5) is 0 Å². The molecule has 0 rings (SSSR count). The van der Waals surface area contributed by atoms with Gasteiger partial charge in [0.05, 0.1) is 6.42 Å². The van der Waals surface area contributed by atoms with E-state index in [9.17, 15) is 14.4 Å². The molecular formula is C65H110O6. The van der Waals surface area contributed by atoms with Gasteiger partial charge in [0.1, 0.15) is 13.2 Å². The summed E-state index contributed by atoms with van der Waals surface area (Å²) in [6.45, 7) is 6.38. The molecule has 0 N–H and O–H groups in total. The number of hydrogen-bond donors (Lipinski definition) is 0. The van der Waals surface area contributed by atoms with Crippen molar-refractivity contribution in [3.05, 3.63) is 97.2 Å². The lowest BCUT2D eigenvalue weighted by atomic mass is 10.0. The first-order chi connectivity index (χ1) is 35.0. The Labute approximate surface area is 438 Å². The van der Waals surface area contributed by atoms with Crippen molar-refractivity contribution in [3.63, 3.8) is 0 Å². The van der Waals surface area contributed by atoms with Gasteiger partial charge in [-0.15, -0.1) is 0 Å². The minimum Gasteiger partial charge on any atom is -0.462 e. The summed E-state index contributed by atoms with van der Waals surface area (Å²) in [5.74, 6) is -1.06. The molecule has 0 aliphatic rings. The summed E-state index contributed by atoms with van der Waals surface area (Å²) in [5.41, 5.74) is 0. The molecular weight excluding hydrogens is 877 g/mol. The van der Waals surface area contributed by atoms with Crippen LogP contribution < -0.4 is 0 Å². The molecule has 0 aliphatic carbocycles. The van der Waals surface area contributed by atoms with Crippen LogP contribution in [0.1, 0.15) is 278 Å². The summed E-state index contributed by atoms with van der Waals surface area (Å²) in [4.78, 5) is 38.1. The van der Waals surface area contributed by atoms with Crippen LogP contribution in [0.5, 0.6) is 0 Å². The Kier molecular flexibility index (Phi) is 55.9. The SMILES string of the molecule is CC/C=C\C/C=C\C/C=C\C/C=C\C/C=C\CC(=O)OC(COC(=O)CCCCCCC/C=C\C/C=C\CCC)COC(=O)CCCCCCCCCCCCCCC/C=C\CCCCCCCCCC. The van der Waals surface area contributed by atoms with Crippen molar-refractivity contribution < 1.29 is 28.6 Å². The molecule has 0 bridgehead atoms. The van der Waals surface area contributed by atoms with Crippen molar-refractivity contribution in [3.8, 4) is 0 Å². The third-order valence-electron chi connectivity index (χ3n) is 12.6. The lowest BCUT2D eigenvalue weighted by Crippen LogP contribution is -2.30. The van der Waals surface area contributed by atoms with Crippen LogP contribution in [0.25, 0.3) is 0 Å². The van der Waals surface area contributed by atoms with E-state index in [1.807, 2.05) is 6.08 Å². The number of ether oxygens (including phenoxy) is 3. The fourth-order valence-corrected chi connectivity index (χ4v) is 8.14. The average molecular weight is 988 g/mol. The molecule has 0 aliphatic heterocycles. The van der Waals surface area contributed by atoms with Gasteiger partial charge < -0.3 is 14.2 Å². The molecule has 1 atom stereocenters. The van der Waals surface area contributed by atoms with Crippen LogP contribution in [0.2, 0.25) is 0 Å². The third kappa shape index (κ3) is 57.1. The molecule has 406 valence electrons. The van der Waals surface area contributed by atoms with Gasteiger partial charge in [0.15, 0.2) is 6.10 Å². The van der Waals surface area contributed by atoms with E-state index >= 15 is 0 Å². The first-order valence-electron chi connectivity index (χ1n) is 29.7. The van der Waals surface area contributed by atoms with E-state index in [0.29, 0.717) is 12.8 Å². The molecule has 0 amide bonds. The van der Waals surface area contributed by atoms with Gasteiger partial charge in [0.2, 0.25) is 0 Å². The number of allylic oxidation sites excluding steroid dienone is 15. The normalized spacial score (nSPS) is 12.8. The van der Waals surface area contributed by atoms with E-state index in [0.717, 1.165) is 103 Å². The van der Waals surface area contributed by atoms with Crippen LogP contribution in [-0.2, 0) is 28.6 Å². The van der Waals surface area contributed by atoms with E-state index in [2.05, 4.69) is 106 Å². The maximum atomic E-state index is 12.8. The third-order valence-corrected chi connectivity index (χ3v) is 12.6. The monoisotopic (exact) mass is 987 g/mol. The van der Waals surface area contributed by atoms with Crippen molar-refractivity contribution in [1.29, 1.82) is 0 Å². The minimum absolute atomic E-state index is 0.0927. The van der Waals surface area contributed by atoms with Crippen LogP contribution in [-0.4, -0.2) is 37.2 Å². The topological polar surface area (TPSA) is 78.9 Å². The van der Waals surface area contributed by atoms with Crippen LogP contribution >= 0.6 is 0 Å². The fourth-order valence-electron chi connectivity index (χ4n) is 8.14. The fraction of sp³-hybridized carbons (Fsp3) is 0.708. The van der Waals surface area contributed by atoms with Crippen molar-refractivity contribution in [2.75, 3.05) is 13.2 Å². The quantitative estimate of drug-likeness (QED) is 0.0261. The smallest absolute Gasteiger partial charge is 0.310 e. The molecule has 0 spiro atoms. The van der Waals surface area contributed by atoms with Crippen LogP contribution in [0.3, 0.4) is 0 Å². The number of esters is 3. The first kappa shape index (κ1) is 67.3. The summed E-state index contributed by atoms with van der Waals surface area (Å²) in [6, 6.07) is 0. The van der Waals surface area contributed by atoms with Crippen molar-refractivity contribution >= 4 is 17.9 Å². The van der Waals surface area contributed by atoms with Gasteiger partial charge in [-0.2, -0.15) is 0 Å². The molecule has 0 aromatic heterocycles. The summed E-state index contributed by atoms with van der Waals surface area (Å²) < 4.78 is 16.7. The zero-order valence-electron chi connectivity index (χ0n) is 46.5. The molecule has 0 aromatic carbocycles. The van der Waals surface area contributed by atoms with Crippen molar-refractivity contribution in [1.82, 2.24) is 0 Å². The van der Waals surface area contributed by atoms with Gasteiger partial charge in [-0.25, -0.2) is 0 Å². The molecule has 0 saturated carbocycles. The number of rotatable bonds is 53. The number of carbonyl (C=O) groups is 3. The Bertz CT molecular complexity index is 1410. The lowest BCUT2D eigenvalue weighted by molar-refractivity contribution is -0.166. The Morgan fingerprint density at radius 3 is 1.00 bits per heavy atom. The number of hydrogen-bond acceptors (Lipinski definition) is 6. The average Bonchev–Trinajstić information content (AvgIpc) is 3.37. The second kappa shape index (κ2) is 58.9. The van der Waals surface area contributed by atoms with Gasteiger partial charge in [-0.1, -0.05) is 259 Å². The molecule has 0 saturated heterocycles. The minimum atomic E-state index is -0.838. The molecule has 1 unspecified atom stereocenters. The molecule has 0 fully saturated rings. The van der Waals surface area contributed by atoms with E-state index in [1.165, 1.54) is 135 Å². The van der Waals surface area contributed by atoms with Crippen LogP contribution in [0, 0.1) is 0 Å². The van der Waals surface area contributed by atoms with Crippen LogP contribution in [0.15, 0.2) is 97.2 Å². The van der Waals surface area contributed by atoms with Crippen molar-refractivity contribution in [2.45, 2.75) is 284 Å². The zero-order valence-corrected chi connectivity index (χ0v) is 46.5. The molecule has 0 aromatic rings. The summed E-state index contributed by atoms with van der Waals surface area (Å²) in [7, 11) is 0. The highest BCUT2D eigenvalue weighted by Gasteiger charge is 2.19. The summed E-state index contributed by atoms with van der Waals surface area (Å²) in [5, 5.41) is 0. The summed E-state index contributed by atoms with van der Waals surface area (Å²) >= 11 is 0. The largest absolute Gasteiger partial charge is 0.462 e. The highest BCUT2D eigenvalue weighted by Crippen LogP contribution is 2.15. The highest BCUT2D eigenvalue weighted by molar-refractivity contribution is 5.72. The summed E-state index contributed by atoms with van der Waals surface area (Å²) in [6.07, 6.45) is 78.7. The Balaban J connectivity index is 4.35. The van der Waals surface area contributed by atoms with Gasteiger partial charge in [0, 0.05) is 12.8 Å². The van der Waals surface area contributed by atoms with E-state index in [1.54, 1.807) is 6.08 Å². The van der Waals surface area contributed by atoms with E-state index in [4.69, 9.17) is 14.2 Å². The highest BCUT2D eigenvalue weighted by atomic mass is 16.6. The Morgan fingerprint density at radius 2 is 0.620 bits per heavy atom. The zero-order chi connectivity index (χ0) is 51.4. The van der Waals surface area contributed by atoms with Crippen molar-refractivity contribution in [2.24, 2.45) is 0 Å². The predicted octanol–water partition coefficient (Wildman–Crippen LogP) is 20.1. The Hall–Kier alpha value is -3.67. The van der Waals surface area contributed by atoms with E-state index < -0.39 is 12.1 Å².